The summed E-state index contributed by atoms with van der Waals surface area (Å²) in [7, 11) is 0. The zero-order valence-corrected chi connectivity index (χ0v) is 10.9. The molecule has 0 aromatic carbocycles. The molecule has 0 bridgehead atoms. The van der Waals surface area contributed by atoms with Gasteiger partial charge in [-0.2, -0.15) is 0 Å². The molecule has 0 spiro atoms. The van der Waals surface area contributed by atoms with Gasteiger partial charge in [-0.25, -0.2) is 0 Å². The largest absolute Gasteiger partial charge is 0.412 e. The van der Waals surface area contributed by atoms with Gasteiger partial charge in [-0.1, -0.05) is 0 Å². The molecule has 0 radical (unpaired) electrons. The van der Waals surface area contributed by atoms with E-state index in [9.17, 15) is 0 Å². The van der Waals surface area contributed by atoms with Crippen LogP contribution >= 0.6 is 0 Å². The average molecular weight is 400 g/mol. The van der Waals surface area contributed by atoms with Crippen LogP contribution in [-0.2, 0) is 34.1 Å². The SMILES string of the molecule is O.O.O.O.O.O.O.O.O.O.O.O.O.O.O.O.[Fe].[Fe]. The second-order valence-corrected chi connectivity index (χ2v) is 0. The first-order valence-electron chi connectivity index (χ1n) is 0. The first-order valence-corrected chi connectivity index (χ1v) is 0. The molecule has 0 saturated heterocycles. The van der Waals surface area contributed by atoms with Crippen LogP contribution in [0.4, 0.5) is 0 Å². The molecule has 18 heavy (non-hydrogen) atoms. The van der Waals surface area contributed by atoms with Gasteiger partial charge < -0.3 is 87.6 Å². The third-order valence-electron chi connectivity index (χ3n) is 0. The quantitative estimate of drug-likeness (QED) is 0.342. The van der Waals surface area contributed by atoms with Crippen molar-refractivity contribution in [3.63, 3.8) is 0 Å². The van der Waals surface area contributed by atoms with Crippen molar-refractivity contribution in [1.82, 2.24) is 0 Å². The molecule has 18 heteroatoms. The fourth-order valence-electron chi connectivity index (χ4n) is 0. The van der Waals surface area contributed by atoms with E-state index in [-0.39, 0.29) is 122 Å². The Bertz CT molecular complexity index is 9.06. The summed E-state index contributed by atoms with van der Waals surface area (Å²) in [6.45, 7) is 0. The van der Waals surface area contributed by atoms with Crippen LogP contribution in [0, 0.1) is 0 Å². The number of hydrogen-bond donors (Lipinski definition) is 0. The predicted octanol–water partition coefficient (Wildman–Crippen LogP) is -13.2. The molecule has 0 aliphatic carbocycles. The van der Waals surface area contributed by atoms with Gasteiger partial charge in [0.25, 0.3) is 0 Å². The summed E-state index contributed by atoms with van der Waals surface area (Å²) in [6.07, 6.45) is 0. The third-order valence-corrected chi connectivity index (χ3v) is 0. The van der Waals surface area contributed by atoms with E-state index in [1.807, 2.05) is 0 Å². The van der Waals surface area contributed by atoms with Crippen molar-refractivity contribution in [3.05, 3.63) is 0 Å². The monoisotopic (exact) mass is 400 g/mol. The molecule has 0 saturated carbocycles. The van der Waals surface area contributed by atoms with E-state index in [0.29, 0.717) is 0 Å². The minimum absolute atomic E-state index is 0. The van der Waals surface area contributed by atoms with Crippen molar-refractivity contribution in [2.75, 3.05) is 0 Å². The van der Waals surface area contributed by atoms with E-state index in [1.54, 1.807) is 0 Å². The van der Waals surface area contributed by atoms with Gasteiger partial charge in [-0.15, -0.1) is 0 Å². The zero-order chi connectivity index (χ0) is 0. The van der Waals surface area contributed by atoms with Crippen LogP contribution in [0.3, 0.4) is 0 Å². The topological polar surface area (TPSA) is 504 Å². The molecule has 0 atom stereocenters. The molecule has 0 heterocycles. The Kier molecular flexibility index (Phi) is 57100000. The summed E-state index contributed by atoms with van der Waals surface area (Å²) in [4.78, 5) is 0. The maximum Gasteiger partial charge on any atom is 0 e. The Morgan fingerprint density at radius 2 is 0.111 bits per heavy atom. The van der Waals surface area contributed by atoms with Crippen molar-refractivity contribution in [2.45, 2.75) is 0 Å². The molecule has 0 amide bonds. The molecule has 144 valence electrons. The third kappa shape index (κ3) is 24400. The Labute approximate surface area is 122 Å². The fourth-order valence-corrected chi connectivity index (χ4v) is 0. The summed E-state index contributed by atoms with van der Waals surface area (Å²) in [6, 6.07) is 0. The van der Waals surface area contributed by atoms with Crippen molar-refractivity contribution in [1.29, 1.82) is 0 Å². The Morgan fingerprint density at radius 3 is 0.111 bits per heavy atom. The molecule has 0 aliphatic heterocycles. The molecule has 32 N–H and O–H groups in total. The molecule has 16 nitrogen and oxygen atoms in total. The summed E-state index contributed by atoms with van der Waals surface area (Å²) < 4.78 is 0. The molecular weight excluding hydrogens is 368 g/mol. The first kappa shape index (κ1) is 35000. The van der Waals surface area contributed by atoms with Gasteiger partial charge in [0.05, 0.1) is 0 Å². The average Bonchev–Trinajstić information content (AvgIpc) is 0. The van der Waals surface area contributed by atoms with Crippen LogP contribution < -0.4 is 0 Å². The molecule has 0 rings (SSSR count). The Morgan fingerprint density at radius 1 is 0.111 bits per heavy atom. The Balaban J connectivity index is 0. The second kappa shape index (κ2) is 29400. The summed E-state index contributed by atoms with van der Waals surface area (Å²) in [5, 5.41) is 0. The van der Waals surface area contributed by atoms with Crippen molar-refractivity contribution in [3.8, 4) is 0 Å². The van der Waals surface area contributed by atoms with E-state index in [0.717, 1.165) is 0 Å². The number of hydrogen-bond acceptors (Lipinski definition) is 0. The molecule has 0 aromatic heterocycles. The predicted molar refractivity (Wildman–Crippen MR) is 57.8 cm³/mol. The van der Waals surface area contributed by atoms with Crippen LogP contribution in [0.5, 0.6) is 0 Å². The number of rotatable bonds is 0. The van der Waals surface area contributed by atoms with Gasteiger partial charge in [-0.05, 0) is 0 Å². The van der Waals surface area contributed by atoms with Crippen molar-refractivity contribution in [2.24, 2.45) is 0 Å². The van der Waals surface area contributed by atoms with Gasteiger partial charge in [-0.3, -0.25) is 0 Å². The van der Waals surface area contributed by atoms with Crippen LogP contribution in [0.15, 0.2) is 0 Å². The van der Waals surface area contributed by atoms with Gasteiger partial charge >= 0.3 is 0 Å². The molecule has 0 aromatic rings. The van der Waals surface area contributed by atoms with Crippen LogP contribution in [0.2, 0.25) is 0 Å². The fraction of sp³-hybridized carbons (Fsp3) is 0. The minimum Gasteiger partial charge on any atom is -0.412 e. The van der Waals surface area contributed by atoms with E-state index in [2.05, 4.69) is 0 Å². The van der Waals surface area contributed by atoms with Crippen molar-refractivity contribution >= 4 is 0 Å². The molecule has 0 fully saturated rings. The van der Waals surface area contributed by atoms with Gasteiger partial charge in [0.15, 0.2) is 0 Å². The van der Waals surface area contributed by atoms with Gasteiger partial charge in [0, 0.05) is 34.1 Å². The normalized spacial score (nSPS) is 0. The standard InChI is InChI=1S/2Fe.16H2O/h;;16*1H2. The zero-order valence-electron chi connectivity index (χ0n) is 8.71. The minimum atomic E-state index is 0. The van der Waals surface area contributed by atoms with Crippen LogP contribution in [0.25, 0.3) is 0 Å². The second-order valence-electron chi connectivity index (χ2n) is 0. The Hall–Kier alpha value is 0.399. The van der Waals surface area contributed by atoms with Crippen LogP contribution in [0.1, 0.15) is 0 Å². The smallest absolute Gasteiger partial charge is 0 e. The van der Waals surface area contributed by atoms with Gasteiger partial charge in [0.1, 0.15) is 0 Å². The van der Waals surface area contributed by atoms with E-state index >= 15 is 0 Å². The van der Waals surface area contributed by atoms with Crippen LogP contribution in [-0.4, -0.2) is 87.6 Å². The van der Waals surface area contributed by atoms with E-state index < -0.39 is 0 Å². The molecule has 0 unspecified atom stereocenters. The van der Waals surface area contributed by atoms with Gasteiger partial charge in [0.2, 0.25) is 0 Å². The molecular formula is H32Fe2O16. The maximum absolute atomic E-state index is 0. The van der Waals surface area contributed by atoms with E-state index in [4.69, 9.17) is 0 Å². The van der Waals surface area contributed by atoms with E-state index in [1.165, 1.54) is 0 Å². The molecule has 0 aliphatic rings. The first-order chi connectivity index (χ1) is 0. The summed E-state index contributed by atoms with van der Waals surface area (Å²) in [5.41, 5.74) is 0. The summed E-state index contributed by atoms with van der Waals surface area (Å²) >= 11 is 0. The maximum atomic E-state index is 0. The van der Waals surface area contributed by atoms with Crippen molar-refractivity contribution < 1.29 is 122 Å². The summed E-state index contributed by atoms with van der Waals surface area (Å²) in [5.74, 6) is 0.